The molecule has 0 atom stereocenters. The van der Waals surface area contributed by atoms with Crippen molar-refractivity contribution in [2.45, 2.75) is 65.5 Å². The van der Waals surface area contributed by atoms with Crippen molar-refractivity contribution in [1.82, 2.24) is 39.7 Å². The van der Waals surface area contributed by atoms with Gasteiger partial charge in [-0.2, -0.15) is 0 Å². The van der Waals surface area contributed by atoms with E-state index in [2.05, 4.69) is 98.3 Å². The summed E-state index contributed by atoms with van der Waals surface area (Å²) in [5.41, 5.74) is 7.74. The number of hydrogen-bond donors (Lipinski definition) is 1. The highest BCUT2D eigenvalue weighted by Crippen LogP contribution is 2.31. The Hall–Kier alpha value is -4.59. The Bertz CT molecular complexity index is 1710. The van der Waals surface area contributed by atoms with Crippen LogP contribution in [0.2, 0.25) is 0 Å². The summed E-state index contributed by atoms with van der Waals surface area (Å²) in [4.78, 5) is 9.76. The number of H-pyrrole nitrogens is 1. The standard InChI is InChI=1S/C33H36N8/c1-3-5-6-9-20-40-21-19-34-33(40)26-17-18-29-30(22-26)41(31(35-29)10-4-2)23-24-13-15-25(16-14-24)27-11-7-8-12-28(27)32-36-38-39-37-32/h7-8,11-19,21-22H,3-6,9-10,20,23H2,1-2H3,(H,36,37,38,39). The van der Waals surface area contributed by atoms with Gasteiger partial charge in [0.2, 0.25) is 0 Å². The zero-order valence-electron chi connectivity index (χ0n) is 23.8. The van der Waals surface area contributed by atoms with E-state index in [-0.39, 0.29) is 0 Å². The number of unbranched alkanes of at least 4 members (excludes halogenated alkanes) is 3. The lowest BCUT2D eigenvalue weighted by Gasteiger charge is -2.12. The van der Waals surface area contributed by atoms with E-state index in [9.17, 15) is 0 Å². The first-order valence-electron chi connectivity index (χ1n) is 14.7. The van der Waals surface area contributed by atoms with Gasteiger partial charge in [-0.05, 0) is 58.2 Å². The summed E-state index contributed by atoms with van der Waals surface area (Å²) in [6.45, 7) is 6.21. The van der Waals surface area contributed by atoms with E-state index < -0.39 is 0 Å². The highest BCUT2D eigenvalue weighted by Gasteiger charge is 2.15. The molecule has 1 N–H and O–H groups in total. The lowest BCUT2D eigenvalue weighted by molar-refractivity contribution is 0.586. The molecule has 0 aliphatic carbocycles. The number of aryl methyl sites for hydroxylation is 2. The number of nitrogens with one attached hydrogen (secondary N) is 1. The molecular weight excluding hydrogens is 508 g/mol. The number of rotatable bonds is 12. The van der Waals surface area contributed by atoms with Crippen LogP contribution in [0.1, 0.15) is 57.3 Å². The molecule has 0 spiro atoms. The molecule has 8 heteroatoms. The van der Waals surface area contributed by atoms with Crippen LogP contribution >= 0.6 is 0 Å². The monoisotopic (exact) mass is 544 g/mol. The summed E-state index contributed by atoms with van der Waals surface area (Å²) in [6, 6.07) is 23.5. The van der Waals surface area contributed by atoms with E-state index in [0.29, 0.717) is 5.82 Å². The van der Waals surface area contributed by atoms with E-state index in [0.717, 1.165) is 70.9 Å². The van der Waals surface area contributed by atoms with Crippen molar-refractivity contribution >= 4 is 11.0 Å². The molecule has 0 bridgehead atoms. The van der Waals surface area contributed by atoms with Crippen molar-refractivity contribution in [3.05, 3.63) is 90.5 Å². The third kappa shape index (κ3) is 5.68. The lowest BCUT2D eigenvalue weighted by atomic mass is 9.98. The molecule has 8 nitrogen and oxygen atoms in total. The minimum absolute atomic E-state index is 0.663. The minimum atomic E-state index is 0.663. The van der Waals surface area contributed by atoms with Crippen LogP contribution in [0.4, 0.5) is 0 Å². The molecule has 0 saturated heterocycles. The topological polar surface area (TPSA) is 90.1 Å². The molecule has 6 aromatic rings. The fourth-order valence-corrected chi connectivity index (χ4v) is 5.55. The van der Waals surface area contributed by atoms with E-state index in [1.54, 1.807) is 0 Å². The number of nitrogens with zero attached hydrogens (tertiary/aromatic N) is 7. The average molecular weight is 545 g/mol. The van der Waals surface area contributed by atoms with Gasteiger partial charge in [-0.3, -0.25) is 0 Å². The Labute approximate surface area is 240 Å². The molecule has 0 fully saturated rings. The van der Waals surface area contributed by atoms with Crippen molar-refractivity contribution in [2.24, 2.45) is 0 Å². The predicted octanol–water partition coefficient (Wildman–Crippen LogP) is 7.33. The smallest absolute Gasteiger partial charge is 0.180 e. The maximum Gasteiger partial charge on any atom is 0.180 e. The number of hydrogen-bond acceptors (Lipinski definition) is 5. The third-order valence-electron chi connectivity index (χ3n) is 7.66. The highest BCUT2D eigenvalue weighted by molar-refractivity contribution is 5.82. The summed E-state index contributed by atoms with van der Waals surface area (Å²) in [6.07, 6.45) is 10.9. The Morgan fingerprint density at radius 1 is 0.829 bits per heavy atom. The molecule has 3 aromatic heterocycles. The van der Waals surface area contributed by atoms with Crippen LogP contribution < -0.4 is 0 Å². The third-order valence-corrected chi connectivity index (χ3v) is 7.66. The zero-order valence-corrected chi connectivity index (χ0v) is 23.8. The molecule has 0 unspecified atom stereocenters. The average Bonchev–Trinajstić information content (AvgIpc) is 3.77. The van der Waals surface area contributed by atoms with Gasteiger partial charge in [0.25, 0.3) is 0 Å². The molecule has 0 aliphatic rings. The number of imidazole rings is 2. The van der Waals surface area contributed by atoms with Crippen LogP contribution in [0.5, 0.6) is 0 Å². The van der Waals surface area contributed by atoms with Gasteiger partial charge in [0.1, 0.15) is 11.6 Å². The first-order valence-corrected chi connectivity index (χ1v) is 14.7. The van der Waals surface area contributed by atoms with Gasteiger partial charge >= 0.3 is 0 Å². The molecule has 0 aliphatic heterocycles. The second-order valence-electron chi connectivity index (χ2n) is 10.6. The maximum absolute atomic E-state index is 5.03. The Balaban J connectivity index is 1.30. The minimum Gasteiger partial charge on any atom is -0.331 e. The number of aromatic nitrogens is 8. The normalized spacial score (nSPS) is 11.5. The first kappa shape index (κ1) is 26.6. The zero-order chi connectivity index (χ0) is 28.0. The number of tetrazole rings is 1. The predicted molar refractivity (Wildman–Crippen MR) is 163 cm³/mol. The summed E-state index contributed by atoms with van der Waals surface area (Å²) >= 11 is 0. The van der Waals surface area contributed by atoms with Crippen LogP contribution in [-0.4, -0.2) is 39.7 Å². The molecular formula is C33H36N8. The summed E-state index contributed by atoms with van der Waals surface area (Å²) in [5.74, 6) is 2.81. The number of benzene rings is 3. The highest BCUT2D eigenvalue weighted by atomic mass is 15.5. The fourth-order valence-electron chi connectivity index (χ4n) is 5.55. The van der Waals surface area contributed by atoms with Gasteiger partial charge in [-0.25, -0.2) is 15.1 Å². The van der Waals surface area contributed by atoms with Gasteiger partial charge in [0.05, 0.1) is 11.0 Å². The van der Waals surface area contributed by atoms with Crippen molar-refractivity contribution < 1.29 is 0 Å². The quantitative estimate of drug-likeness (QED) is 0.163. The van der Waals surface area contributed by atoms with Crippen molar-refractivity contribution in [1.29, 1.82) is 0 Å². The number of fused-ring (bicyclic) bond motifs is 1. The lowest BCUT2D eigenvalue weighted by Crippen LogP contribution is -2.05. The largest absolute Gasteiger partial charge is 0.331 e. The van der Waals surface area contributed by atoms with Crippen LogP contribution in [0, 0.1) is 0 Å². The molecule has 0 saturated carbocycles. The van der Waals surface area contributed by atoms with Gasteiger partial charge in [-0.15, -0.1) is 5.10 Å². The van der Waals surface area contributed by atoms with Gasteiger partial charge in [0.15, 0.2) is 5.82 Å². The molecule has 3 aromatic carbocycles. The Morgan fingerprint density at radius 2 is 1.66 bits per heavy atom. The number of aromatic amines is 1. The van der Waals surface area contributed by atoms with E-state index >= 15 is 0 Å². The van der Waals surface area contributed by atoms with Crippen LogP contribution in [0.15, 0.2) is 79.1 Å². The molecule has 3 heterocycles. The van der Waals surface area contributed by atoms with Crippen LogP contribution in [0.3, 0.4) is 0 Å². The molecule has 0 amide bonds. The summed E-state index contributed by atoms with van der Waals surface area (Å²) < 4.78 is 4.66. The Kier molecular flexibility index (Phi) is 7.98. The van der Waals surface area contributed by atoms with Gasteiger partial charge in [0, 0.05) is 43.0 Å². The summed E-state index contributed by atoms with van der Waals surface area (Å²) in [5, 5.41) is 14.5. The molecule has 6 rings (SSSR count). The molecule has 0 radical (unpaired) electrons. The van der Waals surface area contributed by atoms with Crippen molar-refractivity contribution in [3.8, 4) is 33.9 Å². The van der Waals surface area contributed by atoms with Crippen molar-refractivity contribution in [2.75, 3.05) is 0 Å². The van der Waals surface area contributed by atoms with E-state index in [1.807, 2.05) is 24.4 Å². The summed E-state index contributed by atoms with van der Waals surface area (Å²) in [7, 11) is 0. The van der Waals surface area contributed by atoms with Crippen LogP contribution in [0.25, 0.3) is 44.9 Å². The Morgan fingerprint density at radius 3 is 2.44 bits per heavy atom. The van der Waals surface area contributed by atoms with Gasteiger partial charge < -0.3 is 9.13 Å². The van der Waals surface area contributed by atoms with Crippen molar-refractivity contribution in [3.63, 3.8) is 0 Å². The first-order chi connectivity index (χ1) is 20.2. The second kappa shape index (κ2) is 12.3. The molecule has 41 heavy (non-hydrogen) atoms. The van der Waals surface area contributed by atoms with E-state index in [4.69, 9.17) is 9.97 Å². The van der Waals surface area contributed by atoms with E-state index in [1.165, 1.54) is 31.2 Å². The second-order valence-corrected chi connectivity index (χ2v) is 10.6. The maximum atomic E-state index is 5.03. The molecule has 208 valence electrons. The van der Waals surface area contributed by atoms with Crippen LogP contribution in [-0.2, 0) is 19.5 Å². The fraction of sp³-hybridized carbons (Fsp3) is 0.303. The SMILES string of the molecule is CCCCCCn1ccnc1-c1ccc2nc(CCC)n(Cc3ccc(-c4ccccc4-c4nnn[nH]4)cc3)c2c1. The van der Waals surface area contributed by atoms with Gasteiger partial charge in [-0.1, -0.05) is 81.6 Å².